The molecule has 1 aliphatic heterocycles. The van der Waals surface area contributed by atoms with Crippen molar-refractivity contribution in [3.63, 3.8) is 0 Å². The van der Waals surface area contributed by atoms with E-state index in [-0.39, 0.29) is 13.1 Å². The number of anilines is 1. The Morgan fingerprint density at radius 3 is 2.64 bits per heavy atom. The molecule has 0 radical (unpaired) electrons. The molecule has 1 aromatic heterocycles. The van der Waals surface area contributed by atoms with Crippen LogP contribution in [0.3, 0.4) is 0 Å². The predicted octanol–water partition coefficient (Wildman–Crippen LogP) is 2.61. The Labute approximate surface area is 89.1 Å². The number of aromatic nitrogens is 1. The van der Waals surface area contributed by atoms with Gasteiger partial charge in [0.05, 0.1) is 13.1 Å². The van der Waals surface area contributed by atoms with Gasteiger partial charge in [0, 0.05) is 10.7 Å². The fraction of sp³-hybridized carbons (Fsp3) is 0.444. The molecule has 0 aliphatic carbocycles. The highest BCUT2D eigenvalue weighted by atomic mass is 79.9. The van der Waals surface area contributed by atoms with Crippen LogP contribution in [0.4, 0.5) is 14.6 Å². The van der Waals surface area contributed by atoms with Crippen LogP contribution < -0.4 is 4.90 Å². The highest BCUT2D eigenvalue weighted by Gasteiger charge is 2.44. The first-order valence-electron chi connectivity index (χ1n) is 4.23. The van der Waals surface area contributed by atoms with E-state index in [9.17, 15) is 8.78 Å². The Hall–Kier alpha value is -0.710. The molecule has 2 heterocycles. The standard InChI is InChI=1S/C9H9BrF2N2/c1-6-2-7(10)3-13-8(6)14-4-9(11,12)5-14/h2-3H,4-5H2,1H3. The van der Waals surface area contributed by atoms with Crippen molar-refractivity contribution in [3.05, 3.63) is 22.3 Å². The van der Waals surface area contributed by atoms with Gasteiger partial charge in [-0.15, -0.1) is 0 Å². The zero-order valence-electron chi connectivity index (χ0n) is 7.60. The lowest BCUT2D eigenvalue weighted by Gasteiger charge is -2.40. The van der Waals surface area contributed by atoms with Crippen molar-refractivity contribution in [1.29, 1.82) is 0 Å². The summed E-state index contributed by atoms with van der Waals surface area (Å²) in [5.41, 5.74) is 0.912. The molecule has 0 amide bonds. The van der Waals surface area contributed by atoms with Gasteiger partial charge < -0.3 is 4.90 Å². The normalized spacial score (nSPS) is 19.3. The van der Waals surface area contributed by atoms with E-state index in [4.69, 9.17) is 0 Å². The van der Waals surface area contributed by atoms with Crippen LogP contribution in [-0.2, 0) is 0 Å². The number of nitrogens with zero attached hydrogens (tertiary/aromatic N) is 2. The van der Waals surface area contributed by atoms with E-state index in [1.165, 1.54) is 0 Å². The SMILES string of the molecule is Cc1cc(Br)cnc1N1CC(F)(F)C1. The number of hydrogen-bond acceptors (Lipinski definition) is 2. The second-order valence-electron chi connectivity index (χ2n) is 3.51. The van der Waals surface area contributed by atoms with Crippen molar-refractivity contribution >= 4 is 21.7 Å². The summed E-state index contributed by atoms with van der Waals surface area (Å²) in [4.78, 5) is 5.70. The number of rotatable bonds is 1. The highest BCUT2D eigenvalue weighted by molar-refractivity contribution is 9.10. The summed E-state index contributed by atoms with van der Waals surface area (Å²) in [5, 5.41) is 0. The van der Waals surface area contributed by atoms with Gasteiger partial charge in [-0.2, -0.15) is 0 Å². The van der Waals surface area contributed by atoms with Crippen molar-refractivity contribution in [2.45, 2.75) is 12.8 Å². The first-order valence-corrected chi connectivity index (χ1v) is 5.02. The monoisotopic (exact) mass is 262 g/mol. The van der Waals surface area contributed by atoms with Crippen LogP contribution >= 0.6 is 15.9 Å². The summed E-state index contributed by atoms with van der Waals surface area (Å²) >= 11 is 3.28. The van der Waals surface area contributed by atoms with Gasteiger partial charge in [-0.05, 0) is 34.5 Å². The molecule has 1 saturated heterocycles. The molecule has 1 aromatic rings. The third-order valence-corrected chi connectivity index (χ3v) is 2.59. The number of pyridine rings is 1. The van der Waals surface area contributed by atoms with E-state index < -0.39 is 5.92 Å². The molecule has 2 nitrogen and oxygen atoms in total. The maximum Gasteiger partial charge on any atom is 0.282 e. The van der Waals surface area contributed by atoms with Crippen molar-refractivity contribution < 1.29 is 8.78 Å². The summed E-state index contributed by atoms with van der Waals surface area (Å²) < 4.78 is 26.1. The molecule has 0 unspecified atom stereocenters. The summed E-state index contributed by atoms with van der Waals surface area (Å²) in [5.74, 6) is -1.89. The average Bonchev–Trinajstić information content (AvgIpc) is 2.00. The van der Waals surface area contributed by atoms with E-state index in [0.717, 1.165) is 10.0 Å². The second kappa shape index (κ2) is 3.15. The minimum Gasteiger partial charge on any atom is -0.344 e. The van der Waals surface area contributed by atoms with E-state index in [0.29, 0.717) is 5.82 Å². The zero-order valence-corrected chi connectivity index (χ0v) is 9.18. The van der Waals surface area contributed by atoms with Crippen LogP contribution in [0.2, 0.25) is 0 Å². The van der Waals surface area contributed by atoms with Crippen molar-refractivity contribution in [2.75, 3.05) is 18.0 Å². The van der Waals surface area contributed by atoms with E-state index >= 15 is 0 Å². The molecule has 1 fully saturated rings. The largest absolute Gasteiger partial charge is 0.344 e. The van der Waals surface area contributed by atoms with E-state index in [2.05, 4.69) is 20.9 Å². The molecule has 0 aromatic carbocycles. The Morgan fingerprint density at radius 1 is 1.50 bits per heavy atom. The molecule has 0 bridgehead atoms. The van der Waals surface area contributed by atoms with Gasteiger partial charge in [-0.3, -0.25) is 0 Å². The number of alkyl halides is 2. The molecule has 5 heteroatoms. The first-order chi connectivity index (χ1) is 6.48. The predicted molar refractivity (Wildman–Crippen MR) is 53.8 cm³/mol. The smallest absolute Gasteiger partial charge is 0.282 e. The third kappa shape index (κ3) is 1.73. The lowest BCUT2D eigenvalue weighted by Crippen LogP contribution is -2.56. The summed E-state index contributed by atoms with van der Waals surface area (Å²) in [6.45, 7) is 1.43. The summed E-state index contributed by atoms with van der Waals surface area (Å²) in [7, 11) is 0. The fourth-order valence-electron chi connectivity index (χ4n) is 1.53. The van der Waals surface area contributed by atoms with Crippen LogP contribution in [-0.4, -0.2) is 24.0 Å². The minimum atomic E-state index is -2.54. The first kappa shape index (κ1) is 9.83. The van der Waals surface area contributed by atoms with Crippen molar-refractivity contribution in [2.24, 2.45) is 0 Å². The maximum absolute atomic E-state index is 12.6. The van der Waals surface area contributed by atoms with Crippen molar-refractivity contribution in [3.8, 4) is 0 Å². The van der Waals surface area contributed by atoms with Crippen LogP contribution in [0.1, 0.15) is 5.56 Å². The average molecular weight is 263 g/mol. The molecule has 0 spiro atoms. The van der Waals surface area contributed by atoms with Gasteiger partial charge in [0.15, 0.2) is 0 Å². The van der Waals surface area contributed by atoms with Crippen LogP contribution in [0.25, 0.3) is 0 Å². The fourth-order valence-corrected chi connectivity index (χ4v) is 1.97. The Balaban J connectivity index is 2.19. The maximum atomic E-state index is 12.6. The van der Waals surface area contributed by atoms with Gasteiger partial charge in [-0.1, -0.05) is 0 Å². The Morgan fingerprint density at radius 2 is 2.14 bits per heavy atom. The molecule has 2 rings (SSSR count). The number of aryl methyl sites for hydroxylation is 1. The lowest BCUT2D eigenvalue weighted by atomic mass is 10.1. The zero-order chi connectivity index (χ0) is 10.3. The van der Waals surface area contributed by atoms with Crippen LogP contribution in [0, 0.1) is 6.92 Å². The molecule has 76 valence electrons. The summed E-state index contributed by atoms with van der Waals surface area (Å²) in [6, 6.07) is 1.87. The van der Waals surface area contributed by atoms with Crippen LogP contribution in [0.5, 0.6) is 0 Å². The Bertz CT molecular complexity index is 360. The molecule has 0 saturated carbocycles. The quantitative estimate of drug-likeness (QED) is 0.774. The minimum absolute atomic E-state index is 0.220. The highest BCUT2D eigenvalue weighted by Crippen LogP contribution is 2.32. The van der Waals surface area contributed by atoms with Gasteiger partial charge in [0.1, 0.15) is 5.82 Å². The summed E-state index contributed by atoms with van der Waals surface area (Å²) in [6.07, 6.45) is 1.62. The van der Waals surface area contributed by atoms with Gasteiger partial charge >= 0.3 is 0 Å². The second-order valence-corrected chi connectivity index (χ2v) is 4.42. The molecular formula is C9H9BrF2N2. The molecule has 14 heavy (non-hydrogen) atoms. The van der Waals surface area contributed by atoms with Crippen LogP contribution in [0.15, 0.2) is 16.7 Å². The molecule has 0 N–H and O–H groups in total. The number of halogens is 3. The van der Waals surface area contributed by atoms with Gasteiger partial charge in [0.2, 0.25) is 0 Å². The molecular weight excluding hydrogens is 254 g/mol. The van der Waals surface area contributed by atoms with E-state index in [1.807, 2.05) is 13.0 Å². The Kier molecular flexibility index (Phi) is 2.21. The van der Waals surface area contributed by atoms with Crippen molar-refractivity contribution in [1.82, 2.24) is 4.98 Å². The topological polar surface area (TPSA) is 16.1 Å². The third-order valence-electron chi connectivity index (χ3n) is 2.16. The van der Waals surface area contributed by atoms with E-state index in [1.54, 1.807) is 11.1 Å². The van der Waals surface area contributed by atoms with Gasteiger partial charge in [-0.25, -0.2) is 13.8 Å². The van der Waals surface area contributed by atoms with Gasteiger partial charge in [0.25, 0.3) is 5.92 Å². The lowest BCUT2D eigenvalue weighted by molar-refractivity contribution is -0.0267. The number of hydrogen-bond donors (Lipinski definition) is 0. The molecule has 0 atom stereocenters. The molecule has 1 aliphatic rings.